The number of carbonyl (C=O) groups excluding carboxylic acids is 2. The Hall–Kier alpha value is -2.87. The highest BCUT2D eigenvalue weighted by atomic mass is 16.5. The third-order valence-electron chi connectivity index (χ3n) is 5.02. The minimum absolute atomic E-state index is 0.0929. The molecule has 3 rings (SSSR count). The molecule has 0 radical (unpaired) electrons. The van der Waals surface area contributed by atoms with Crippen molar-refractivity contribution >= 4 is 11.9 Å². The summed E-state index contributed by atoms with van der Waals surface area (Å²) in [5.41, 5.74) is 1.25. The predicted octanol–water partition coefficient (Wildman–Crippen LogP) is 2.37. The van der Waals surface area contributed by atoms with Crippen LogP contribution in [0.2, 0.25) is 0 Å². The van der Waals surface area contributed by atoms with Crippen molar-refractivity contribution < 1.29 is 19.1 Å². The number of hydrogen-bond acceptors (Lipinski definition) is 6. The second-order valence-electron chi connectivity index (χ2n) is 7.29. The van der Waals surface area contributed by atoms with E-state index in [1.165, 1.54) is 6.92 Å². The van der Waals surface area contributed by atoms with Gasteiger partial charge in [-0.1, -0.05) is 31.5 Å². The highest BCUT2D eigenvalue weighted by Crippen LogP contribution is 2.21. The molecule has 1 fully saturated rings. The Bertz CT molecular complexity index is 829. The Balaban J connectivity index is 1.65. The number of piperazine rings is 1. The zero-order valence-electron chi connectivity index (χ0n) is 17.7. The van der Waals surface area contributed by atoms with Crippen LogP contribution in [0.1, 0.15) is 37.2 Å². The molecule has 1 aromatic heterocycles. The quantitative estimate of drug-likeness (QED) is 0.463. The topological polar surface area (TPSA) is 76.9 Å². The minimum atomic E-state index is -0.269. The van der Waals surface area contributed by atoms with Gasteiger partial charge in [0, 0.05) is 45.7 Å². The minimum Gasteiger partial charge on any atom is -0.478 e. The summed E-state index contributed by atoms with van der Waals surface area (Å²) in [7, 11) is 0. The molecule has 0 N–H and O–H groups in total. The number of carbonyl (C=O) groups is 2. The van der Waals surface area contributed by atoms with Crippen molar-refractivity contribution in [2.24, 2.45) is 0 Å². The Labute approximate surface area is 177 Å². The fourth-order valence-corrected chi connectivity index (χ4v) is 3.30. The van der Waals surface area contributed by atoms with E-state index in [0.29, 0.717) is 44.4 Å². The number of benzene rings is 1. The van der Waals surface area contributed by atoms with Crippen LogP contribution in [0.3, 0.4) is 0 Å². The molecule has 8 heteroatoms. The van der Waals surface area contributed by atoms with Gasteiger partial charge < -0.3 is 14.4 Å². The second-order valence-corrected chi connectivity index (χ2v) is 7.29. The number of unbranched alkanes of at least 4 members (excludes halogenated alkanes) is 1. The normalized spacial score (nSPS) is 14.5. The number of aromatic nitrogens is 2. The van der Waals surface area contributed by atoms with Gasteiger partial charge in [0.05, 0.1) is 12.3 Å². The van der Waals surface area contributed by atoms with E-state index < -0.39 is 0 Å². The molecule has 1 aliphatic rings. The molecule has 1 amide bonds. The van der Waals surface area contributed by atoms with E-state index in [4.69, 9.17) is 9.47 Å². The summed E-state index contributed by atoms with van der Waals surface area (Å²) in [4.78, 5) is 27.9. The van der Waals surface area contributed by atoms with Crippen LogP contribution in [0, 0.1) is 0 Å². The maximum Gasteiger partial charge on any atom is 0.302 e. The molecule has 2 aromatic rings. The van der Waals surface area contributed by atoms with E-state index in [-0.39, 0.29) is 11.9 Å². The Morgan fingerprint density at radius 2 is 1.80 bits per heavy atom. The van der Waals surface area contributed by atoms with Gasteiger partial charge in [-0.3, -0.25) is 14.5 Å². The highest BCUT2D eigenvalue weighted by Gasteiger charge is 2.25. The zero-order valence-corrected chi connectivity index (χ0v) is 17.7. The van der Waals surface area contributed by atoms with Crippen molar-refractivity contribution in [1.82, 2.24) is 19.6 Å². The van der Waals surface area contributed by atoms with E-state index in [9.17, 15) is 9.59 Å². The van der Waals surface area contributed by atoms with Crippen LogP contribution in [-0.4, -0.2) is 77.4 Å². The summed E-state index contributed by atoms with van der Waals surface area (Å²) >= 11 is 0. The van der Waals surface area contributed by atoms with Crippen molar-refractivity contribution in [3.63, 3.8) is 0 Å². The molecule has 0 unspecified atom stereocenters. The van der Waals surface area contributed by atoms with Crippen LogP contribution in [-0.2, 0) is 9.53 Å². The maximum atomic E-state index is 13.0. The molecule has 1 aliphatic heterocycles. The van der Waals surface area contributed by atoms with Crippen LogP contribution < -0.4 is 4.74 Å². The van der Waals surface area contributed by atoms with Gasteiger partial charge in [-0.15, -0.1) is 0 Å². The van der Waals surface area contributed by atoms with Crippen molar-refractivity contribution in [3.8, 4) is 11.6 Å². The first-order valence-corrected chi connectivity index (χ1v) is 10.5. The van der Waals surface area contributed by atoms with E-state index in [1.54, 1.807) is 10.7 Å². The van der Waals surface area contributed by atoms with Gasteiger partial charge in [0.15, 0.2) is 5.69 Å². The van der Waals surface area contributed by atoms with E-state index >= 15 is 0 Å². The number of ether oxygens (including phenoxy) is 2. The molecule has 0 spiro atoms. The number of para-hydroxylation sites is 1. The molecule has 1 aromatic carbocycles. The lowest BCUT2D eigenvalue weighted by Crippen LogP contribution is -2.49. The van der Waals surface area contributed by atoms with Gasteiger partial charge in [-0.25, -0.2) is 4.68 Å². The summed E-state index contributed by atoms with van der Waals surface area (Å²) in [5, 5.41) is 4.55. The Morgan fingerprint density at radius 1 is 1.07 bits per heavy atom. The summed E-state index contributed by atoms with van der Waals surface area (Å²) in [6.45, 7) is 7.88. The van der Waals surface area contributed by atoms with E-state index in [2.05, 4.69) is 16.9 Å². The molecule has 0 bridgehead atoms. The summed E-state index contributed by atoms with van der Waals surface area (Å²) in [5.74, 6) is 0.220. The standard InChI is InChI=1S/C22H30N4O4/c1-3-4-15-30-21-17-20(23-26(21)19-8-6-5-7-9-19)22(28)25-12-10-24(11-13-25)14-16-29-18(2)27/h5-9,17H,3-4,10-16H2,1-2H3. The van der Waals surface area contributed by atoms with Gasteiger partial charge in [0.2, 0.25) is 5.88 Å². The van der Waals surface area contributed by atoms with Crippen LogP contribution in [0.4, 0.5) is 0 Å². The molecule has 2 heterocycles. The zero-order chi connectivity index (χ0) is 21.3. The maximum absolute atomic E-state index is 13.0. The molecule has 162 valence electrons. The third kappa shape index (κ3) is 5.82. The van der Waals surface area contributed by atoms with Crippen LogP contribution in [0.15, 0.2) is 36.4 Å². The smallest absolute Gasteiger partial charge is 0.302 e. The average molecular weight is 415 g/mol. The van der Waals surface area contributed by atoms with Crippen molar-refractivity contribution in [2.45, 2.75) is 26.7 Å². The van der Waals surface area contributed by atoms with Gasteiger partial charge in [-0.05, 0) is 18.6 Å². The van der Waals surface area contributed by atoms with Crippen molar-refractivity contribution in [3.05, 3.63) is 42.1 Å². The number of amides is 1. The predicted molar refractivity (Wildman–Crippen MR) is 113 cm³/mol. The van der Waals surface area contributed by atoms with Gasteiger partial charge in [-0.2, -0.15) is 5.10 Å². The third-order valence-corrected chi connectivity index (χ3v) is 5.02. The lowest BCUT2D eigenvalue weighted by Gasteiger charge is -2.34. The van der Waals surface area contributed by atoms with Crippen molar-refractivity contribution in [1.29, 1.82) is 0 Å². The van der Waals surface area contributed by atoms with E-state index in [0.717, 1.165) is 31.6 Å². The van der Waals surface area contributed by atoms with Crippen LogP contribution >= 0.6 is 0 Å². The molecule has 1 saturated heterocycles. The number of esters is 1. The van der Waals surface area contributed by atoms with E-state index in [1.807, 2.05) is 35.2 Å². The molecule has 0 atom stereocenters. The fourth-order valence-electron chi connectivity index (χ4n) is 3.30. The van der Waals surface area contributed by atoms with Gasteiger partial charge in [0.25, 0.3) is 5.91 Å². The first-order valence-electron chi connectivity index (χ1n) is 10.5. The largest absolute Gasteiger partial charge is 0.478 e. The van der Waals surface area contributed by atoms with Gasteiger partial charge in [0.1, 0.15) is 6.61 Å². The van der Waals surface area contributed by atoms with Crippen LogP contribution in [0.25, 0.3) is 5.69 Å². The molecule has 30 heavy (non-hydrogen) atoms. The monoisotopic (exact) mass is 414 g/mol. The average Bonchev–Trinajstić information content (AvgIpc) is 3.18. The Kier molecular flexibility index (Phi) is 7.84. The van der Waals surface area contributed by atoms with Crippen molar-refractivity contribution in [2.75, 3.05) is 45.9 Å². The first-order chi connectivity index (χ1) is 14.6. The number of hydrogen-bond donors (Lipinski definition) is 0. The van der Waals surface area contributed by atoms with Gasteiger partial charge >= 0.3 is 5.97 Å². The lowest BCUT2D eigenvalue weighted by molar-refractivity contribution is -0.141. The molecule has 0 aliphatic carbocycles. The first kappa shape index (κ1) is 21.8. The number of nitrogens with zero attached hydrogens (tertiary/aromatic N) is 4. The SMILES string of the molecule is CCCCOc1cc(C(=O)N2CCN(CCOC(C)=O)CC2)nn1-c1ccccc1. The molecular weight excluding hydrogens is 384 g/mol. The molecular formula is C22H30N4O4. The summed E-state index contributed by atoms with van der Waals surface area (Å²) in [6, 6.07) is 11.4. The number of rotatable bonds is 9. The highest BCUT2D eigenvalue weighted by molar-refractivity contribution is 5.92. The molecule has 0 saturated carbocycles. The van der Waals surface area contributed by atoms with Crippen LogP contribution in [0.5, 0.6) is 5.88 Å². The molecule has 8 nitrogen and oxygen atoms in total. The summed E-state index contributed by atoms with van der Waals surface area (Å²) in [6.07, 6.45) is 1.98. The fraction of sp³-hybridized carbons (Fsp3) is 0.500. The lowest BCUT2D eigenvalue weighted by atomic mass is 10.2. The summed E-state index contributed by atoms with van der Waals surface area (Å²) < 4.78 is 12.6. The Morgan fingerprint density at radius 3 is 2.47 bits per heavy atom. The second kappa shape index (κ2) is 10.8.